The van der Waals surface area contributed by atoms with Gasteiger partial charge in [-0.2, -0.15) is 0 Å². The summed E-state index contributed by atoms with van der Waals surface area (Å²) >= 11 is 0.768. The Labute approximate surface area is 217 Å². The van der Waals surface area contributed by atoms with Gasteiger partial charge in [-0.25, -0.2) is 0 Å². The van der Waals surface area contributed by atoms with E-state index >= 15 is 0 Å². The van der Waals surface area contributed by atoms with Crippen molar-refractivity contribution in [3.05, 3.63) is 68.6 Å². The molecule has 0 spiro atoms. The van der Waals surface area contributed by atoms with Gasteiger partial charge in [0.15, 0.2) is 11.5 Å². The number of morpholine rings is 1. The monoisotopic (exact) mass is 527 g/mol. The molecule has 2 aromatic rings. The first-order chi connectivity index (χ1) is 17.9. The minimum absolute atomic E-state index is 0.0351. The first kappa shape index (κ1) is 26.2. The van der Waals surface area contributed by atoms with Crippen molar-refractivity contribution in [1.29, 1.82) is 0 Å². The van der Waals surface area contributed by atoms with Crippen molar-refractivity contribution in [2.24, 2.45) is 0 Å². The predicted molar refractivity (Wildman–Crippen MR) is 135 cm³/mol. The molecular formula is C25H25N3O8S. The Balaban J connectivity index is 1.47. The van der Waals surface area contributed by atoms with Crippen LogP contribution in [0.2, 0.25) is 0 Å². The third-order valence-electron chi connectivity index (χ3n) is 5.67. The lowest BCUT2D eigenvalue weighted by Gasteiger charge is -2.28. The van der Waals surface area contributed by atoms with Crippen LogP contribution in [0.5, 0.6) is 11.5 Å². The molecule has 0 aromatic heterocycles. The average Bonchev–Trinajstić information content (AvgIpc) is 3.16. The minimum atomic E-state index is -0.536. The molecule has 2 saturated heterocycles. The number of nitro groups is 1. The molecule has 2 aromatic carbocycles. The molecule has 12 heteroatoms. The number of benzene rings is 2. The van der Waals surface area contributed by atoms with Gasteiger partial charge in [0.05, 0.1) is 35.2 Å². The zero-order valence-corrected chi connectivity index (χ0v) is 20.9. The Hall–Kier alpha value is -3.90. The highest BCUT2D eigenvalue weighted by Crippen LogP contribution is 2.35. The second kappa shape index (κ2) is 11.9. The Bertz CT molecular complexity index is 1240. The van der Waals surface area contributed by atoms with E-state index in [1.165, 1.54) is 6.07 Å². The number of imide groups is 1. The standard InChI is InChI=1S/C25H25N3O8S/c1-2-35-21-13-17(7-8-20(21)36-16-18-5-3-4-6-19(18)28(32)33)14-22-24(30)27(25(31)37-22)15-23(29)26-9-11-34-12-10-26/h3-8,13-14H,2,9-12,15-16H2,1H3/b22-14-. The van der Waals surface area contributed by atoms with Gasteiger partial charge < -0.3 is 19.1 Å². The van der Waals surface area contributed by atoms with Crippen molar-refractivity contribution in [3.63, 3.8) is 0 Å². The van der Waals surface area contributed by atoms with Gasteiger partial charge in [0.25, 0.3) is 16.8 Å². The van der Waals surface area contributed by atoms with Crippen molar-refractivity contribution < 1.29 is 33.5 Å². The molecule has 3 amide bonds. The van der Waals surface area contributed by atoms with E-state index in [-0.39, 0.29) is 29.7 Å². The lowest BCUT2D eigenvalue weighted by Crippen LogP contribution is -2.46. The van der Waals surface area contributed by atoms with Crippen LogP contribution in [-0.4, -0.2) is 71.2 Å². The Morgan fingerprint density at radius 2 is 1.89 bits per heavy atom. The van der Waals surface area contributed by atoms with Gasteiger partial charge in [-0.1, -0.05) is 18.2 Å². The fraction of sp³-hybridized carbons (Fsp3) is 0.320. The number of amides is 3. The predicted octanol–water partition coefficient (Wildman–Crippen LogP) is 3.47. The Morgan fingerprint density at radius 3 is 2.62 bits per heavy atom. The summed E-state index contributed by atoms with van der Waals surface area (Å²) in [6, 6.07) is 11.3. The van der Waals surface area contributed by atoms with E-state index < -0.39 is 16.1 Å². The average molecular weight is 528 g/mol. The molecule has 0 unspecified atom stereocenters. The summed E-state index contributed by atoms with van der Waals surface area (Å²) in [7, 11) is 0. The van der Waals surface area contributed by atoms with Crippen molar-refractivity contribution >= 4 is 40.6 Å². The van der Waals surface area contributed by atoms with Crippen LogP contribution in [0.25, 0.3) is 6.08 Å². The van der Waals surface area contributed by atoms with Crippen molar-refractivity contribution in [2.45, 2.75) is 13.5 Å². The second-order valence-electron chi connectivity index (χ2n) is 8.07. The molecule has 194 valence electrons. The number of hydrogen-bond donors (Lipinski definition) is 0. The highest BCUT2D eigenvalue weighted by molar-refractivity contribution is 8.18. The Morgan fingerprint density at radius 1 is 1.14 bits per heavy atom. The quantitative estimate of drug-likeness (QED) is 0.273. The van der Waals surface area contributed by atoms with E-state index in [1.807, 2.05) is 0 Å². The van der Waals surface area contributed by atoms with Crippen LogP contribution in [0.1, 0.15) is 18.1 Å². The third kappa shape index (κ3) is 6.27. The topological polar surface area (TPSA) is 129 Å². The van der Waals surface area contributed by atoms with Crippen LogP contribution in [0, 0.1) is 10.1 Å². The lowest BCUT2D eigenvalue weighted by molar-refractivity contribution is -0.385. The smallest absolute Gasteiger partial charge is 0.294 e. The van der Waals surface area contributed by atoms with Crippen LogP contribution in [0.4, 0.5) is 10.5 Å². The van der Waals surface area contributed by atoms with Crippen molar-refractivity contribution in [2.75, 3.05) is 39.5 Å². The highest BCUT2D eigenvalue weighted by atomic mass is 32.2. The van der Waals surface area contributed by atoms with E-state index in [0.717, 1.165) is 16.7 Å². The number of para-hydroxylation sites is 1. The van der Waals surface area contributed by atoms with Gasteiger partial charge in [-0.05, 0) is 48.5 Å². The number of carbonyl (C=O) groups excluding carboxylic acids is 3. The van der Waals surface area contributed by atoms with E-state index in [2.05, 4.69) is 0 Å². The second-order valence-corrected chi connectivity index (χ2v) is 9.07. The van der Waals surface area contributed by atoms with Crippen molar-refractivity contribution in [1.82, 2.24) is 9.80 Å². The van der Waals surface area contributed by atoms with Crippen molar-refractivity contribution in [3.8, 4) is 11.5 Å². The summed E-state index contributed by atoms with van der Waals surface area (Å²) in [6.45, 7) is 3.50. The maximum Gasteiger partial charge on any atom is 0.294 e. The van der Waals surface area contributed by atoms with E-state index in [0.29, 0.717) is 55.5 Å². The normalized spacial score (nSPS) is 16.8. The van der Waals surface area contributed by atoms with Crippen LogP contribution < -0.4 is 9.47 Å². The number of nitro benzene ring substituents is 1. The molecule has 0 bridgehead atoms. The van der Waals surface area contributed by atoms with E-state index in [9.17, 15) is 24.5 Å². The first-order valence-corrected chi connectivity index (χ1v) is 12.4. The molecule has 37 heavy (non-hydrogen) atoms. The number of carbonyl (C=O) groups is 3. The number of nitrogens with zero attached hydrogens (tertiary/aromatic N) is 3. The van der Waals surface area contributed by atoms with Crippen LogP contribution >= 0.6 is 11.8 Å². The van der Waals surface area contributed by atoms with E-state index in [4.69, 9.17) is 14.2 Å². The molecule has 2 aliphatic rings. The van der Waals surface area contributed by atoms with Crippen LogP contribution in [-0.2, 0) is 20.9 Å². The maximum absolute atomic E-state index is 12.9. The molecule has 2 aliphatic heterocycles. The lowest BCUT2D eigenvalue weighted by atomic mass is 10.1. The zero-order chi connectivity index (χ0) is 26.4. The highest BCUT2D eigenvalue weighted by Gasteiger charge is 2.37. The number of thioether (sulfide) groups is 1. The molecule has 11 nitrogen and oxygen atoms in total. The summed E-state index contributed by atoms with van der Waals surface area (Å²) in [6.07, 6.45) is 1.55. The molecule has 0 N–H and O–H groups in total. The van der Waals surface area contributed by atoms with Gasteiger partial charge >= 0.3 is 0 Å². The fourth-order valence-electron chi connectivity index (χ4n) is 3.80. The molecule has 0 atom stereocenters. The molecular weight excluding hydrogens is 502 g/mol. The van der Waals surface area contributed by atoms with Crippen LogP contribution in [0.3, 0.4) is 0 Å². The third-order valence-corrected chi connectivity index (χ3v) is 6.58. The first-order valence-electron chi connectivity index (χ1n) is 11.6. The van der Waals surface area contributed by atoms with Gasteiger partial charge in [0.1, 0.15) is 13.2 Å². The SMILES string of the molecule is CCOc1cc(/C=C2\SC(=O)N(CC(=O)N3CCOCC3)C2=O)ccc1OCc1ccccc1[N+](=O)[O-]. The Kier molecular flexibility index (Phi) is 8.41. The van der Waals surface area contributed by atoms with Gasteiger partial charge in [0, 0.05) is 19.2 Å². The summed E-state index contributed by atoms with van der Waals surface area (Å²) < 4.78 is 16.7. The zero-order valence-electron chi connectivity index (χ0n) is 20.1. The number of hydrogen-bond acceptors (Lipinski definition) is 9. The molecule has 0 radical (unpaired) electrons. The summed E-state index contributed by atoms with van der Waals surface area (Å²) in [5.74, 6) is -0.0742. The fourth-order valence-corrected chi connectivity index (χ4v) is 4.64. The van der Waals surface area contributed by atoms with E-state index in [1.54, 1.807) is 54.3 Å². The number of rotatable bonds is 9. The molecule has 4 rings (SSSR count). The van der Waals surface area contributed by atoms with Gasteiger partial charge in [0.2, 0.25) is 5.91 Å². The summed E-state index contributed by atoms with van der Waals surface area (Å²) in [5.41, 5.74) is 0.964. The maximum atomic E-state index is 12.9. The molecule has 2 fully saturated rings. The molecule has 2 heterocycles. The summed E-state index contributed by atoms with van der Waals surface area (Å²) in [5, 5.41) is 10.8. The number of ether oxygens (including phenoxy) is 3. The summed E-state index contributed by atoms with van der Waals surface area (Å²) in [4.78, 5) is 51.4. The largest absolute Gasteiger partial charge is 0.490 e. The van der Waals surface area contributed by atoms with Gasteiger partial charge in [-0.15, -0.1) is 0 Å². The molecule has 0 saturated carbocycles. The molecule has 0 aliphatic carbocycles. The van der Waals surface area contributed by atoms with Gasteiger partial charge in [-0.3, -0.25) is 29.4 Å². The minimum Gasteiger partial charge on any atom is -0.490 e. The van der Waals surface area contributed by atoms with Crippen LogP contribution in [0.15, 0.2) is 47.4 Å².